The van der Waals surface area contributed by atoms with Gasteiger partial charge in [-0.3, -0.25) is 9.59 Å². The van der Waals surface area contributed by atoms with E-state index in [1.807, 2.05) is 0 Å². The van der Waals surface area contributed by atoms with Gasteiger partial charge in [0.2, 0.25) is 5.91 Å². The third-order valence-corrected chi connectivity index (χ3v) is 2.69. The van der Waals surface area contributed by atoms with Crippen LogP contribution in [-0.2, 0) is 14.3 Å². The second kappa shape index (κ2) is 6.79. The van der Waals surface area contributed by atoms with Crippen LogP contribution in [0, 0.1) is 0 Å². The van der Waals surface area contributed by atoms with E-state index in [0.29, 0.717) is 37.0 Å². The zero-order chi connectivity index (χ0) is 14.4. The molecular weight excluding hydrogens is 262 g/mol. The van der Waals surface area contributed by atoms with E-state index in [1.54, 1.807) is 25.1 Å². The van der Waals surface area contributed by atoms with E-state index < -0.39 is 0 Å². The van der Waals surface area contributed by atoms with E-state index in [0.717, 1.165) is 0 Å². The van der Waals surface area contributed by atoms with Crippen LogP contribution >= 0.6 is 0 Å². The van der Waals surface area contributed by atoms with E-state index in [1.165, 1.54) is 0 Å². The van der Waals surface area contributed by atoms with Crippen LogP contribution in [-0.4, -0.2) is 31.7 Å². The second-order valence-corrected chi connectivity index (χ2v) is 4.21. The maximum atomic E-state index is 11.7. The highest BCUT2D eigenvalue weighted by atomic mass is 16.6. The monoisotopic (exact) mass is 279 g/mol. The molecule has 0 aliphatic carbocycles. The van der Waals surface area contributed by atoms with Crippen LogP contribution in [0.25, 0.3) is 0 Å². The first kappa shape index (κ1) is 14.2. The lowest BCUT2D eigenvalue weighted by atomic mass is 10.2. The van der Waals surface area contributed by atoms with Crippen molar-refractivity contribution >= 4 is 17.6 Å². The van der Waals surface area contributed by atoms with E-state index in [9.17, 15) is 9.59 Å². The number of hydrogen-bond acceptors (Lipinski definition) is 5. The summed E-state index contributed by atoms with van der Waals surface area (Å²) in [6.07, 6.45) is 0.164. The summed E-state index contributed by atoms with van der Waals surface area (Å²) in [6.45, 7) is 3.07. The van der Waals surface area contributed by atoms with Gasteiger partial charge in [0, 0.05) is 18.2 Å². The van der Waals surface area contributed by atoms with Crippen LogP contribution in [0.1, 0.15) is 19.8 Å². The number of benzene rings is 1. The van der Waals surface area contributed by atoms with Crippen molar-refractivity contribution in [2.75, 3.05) is 25.1 Å². The van der Waals surface area contributed by atoms with E-state index in [2.05, 4.69) is 5.32 Å². The fourth-order valence-corrected chi connectivity index (χ4v) is 1.79. The van der Waals surface area contributed by atoms with Gasteiger partial charge in [0.1, 0.15) is 13.2 Å². The molecule has 108 valence electrons. The van der Waals surface area contributed by atoms with Crippen molar-refractivity contribution in [1.82, 2.24) is 0 Å². The molecule has 1 aliphatic heterocycles. The summed E-state index contributed by atoms with van der Waals surface area (Å²) in [6, 6.07) is 5.18. The Bertz CT molecular complexity index is 500. The lowest BCUT2D eigenvalue weighted by molar-refractivity contribution is -0.144. The standard InChI is InChI=1S/C14H17NO5/c1-2-18-14(17)6-5-13(16)15-10-3-4-11-12(9-10)20-8-7-19-11/h3-4,9H,2,5-8H2,1H3,(H,15,16). The summed E-state index contributed by atoms with van der Waals surface area (Å²) < 4.78 is 15.6. The maximum absolute atomic E-state index is 11.7. The smallest absolute Gasteiger partial charge is 0.306 e. The quantitative estimate of drug-likeness (QED) is 0.831. The van der Waals surface area contributed by atoms with Gasteiger partial charge in [-0.05, 0) is 19.1 Å². The molecule has 2 rings (SSSR count). The molecule has 20 heavy (non-hydrogen) atoms. The molecule has 0 saturated heterocycles. The van der Waals surface area contributed by atoms with Crippen LogP contribution in [0.2, 0.25) is 0 Å². The fourth-order valence-electron chi connectivity index (χ4n) is 1.79. The number of amides is 1. The number of carbonyl (C=O) groups excluding carboxylic acids is 2. The summed E-state index contributed by atoms with van der Waals surface area (Å²) in [7, 11) is 0. The number of rotatable bonds is 5. The number of nitrogens with one attached hydrogen (secondary N) is 1. The van der Waals surface area contributed by atoms with E-state index >= 15 is 0 Å². The van der Waals surface area contributed by atoms with E-state index in [4.69, 9.17) is 14.2 Å². The first-order chi connectivity index (χ1) is 9.69. The molecule has 1 amide bonds. The number of fused-ring (bicyclic) bond motifs is 1. The van der Waals surface area contributed by atoms with Crippen molar-refractivity contribution in [3.05, 3.63) is 18.2 Å². The molecule has 1 aromatic rings. The van der Waals surface area contributed by atoms with Crippen LogP contribution in [0.15, 0.2) is 18.2 Å². The van der Waals surface area contributed by atoms with Crippen molar-refractivity contribution in [2.24, 2.45) is 0 Å². The van der Waals surface area contributed by atoms with Gasteiger partial charge in [-0.15, -0.1) is 0 Å². The molecule has 1 heterocycles. The predicted molar refractivity (Wildman–Crippen MR) is 71.9 cm³/mol. The lowest BCUT2D eigenvalue weighted by Crippen LogP contribution is -2.17. The Labute approximate surface area is 117 Å². The van der Waals surface area contributed by atoms with Gasteiger partial charge in [0.25, 0.3) is 0 Å². The third-order valence-electron chi connectivity index (χ3n) is 2.69. The highest BCUT2D eigenvalue weighted by molar-refractivity contribution is 5.92. The molecule has 1 aromatic carbocycles. The first-order valence-corrected chi connectivity index (χ1v) is 6.54. The number of anilines is 1. The summed E-state index contributed by atoms with van der Waals surface area (Å²) in [5.74, 6) is 0.666. The van der Waals surface area contributed by atoms with Gasteiger partial charge in [0.05, 0.1) is 13.0 Å². The first-order valence-electron chi connectivity index (χ1n) is 6.54. The molecule has 0 unspecified atom stereocenters. The Balaban J connectivity index is 1.86. The van der Waals surface area contributed by atoms with Crippen LogP contribution < -0.4 is 14.8 Å². The maximum Gasteiger partial charge on any atom is 0.306 e. The predicted octanol–water partition coefficient (Wildman–Crippen LogP) is 1.74. The zero-order valence-electron chi connectivity index (χ0n) is 11.3. The molecule has 1 aliphatic rings. The number of esters is 1. The molecule has 6 nitrogen and oxygen atoms in total. The summed E-state index contributed by atoms with van der Waals surface area (Å²) in [5, 5.41) is 2.71. The van der Waals surface area contributed by atoms with Gasteiger partial charge in [0.15, 0.2) is 11.5 Å². The van der Waals surface area contributed by atoms with Crippen LogP contribution in [0.4, 0.5) is 5.69 Å². The molecule has 0 radical (unpaired) electrons. The van der Waals surface area contributed by atoms with Gasteiger partial charge in [-0.2, -0.15) is 0 Å². The van der Waals surface area contributed by atoms with Gasteiger partial charge < -0.3 is 19.5 Å². The fraction of sp³-hybridized carbons (Fsp3) is 0.429. The molecule has 0 spiro atoms. The molecule has 0 aromatic heterocycles. The average Bonchev–Trinajstić information content (AvgIpc) is 2.45. The summed E-state index contributed by atoms with van der Waals surface area (Å²) >= 11 is 0. The third kappa shape index (κ3) is 3.88. The van der Waals surface area contributed by atoms with Crippen LogP contribution in [0.3, 0.4) is 0 Å². The van der Waals surface area contributed by atoms with Crippen molar-refractivity contribution in [3.8, 4) is 11.5 Å². The zero-order valence-corrected chi connectivity index (χ0v) is 11.3. The van der Waals surface area contributed by atoms with Crippen molar-refractivity contribution in [1.29, 1.82) is 0 Å². The molecular formula is C14H17NO5. The summed E-state index contributed by atoms with van der Waals surface area (Å²) in [4.78, 5) is 22.9. The Morgan fingerprint density at radius 3 is 2.70 bits per heavy atom. The largest absolute Gasteiger partial charge is 0.486 e. The van der Waals surface area contributed by atoms with Gasteiger partial charge in [-0.25, -0.2) is 0 Å². The Morgan fingerprint density at radius 2 is 1.95 bits per heavy atom. The Kier molecular flexibility index (Phi) is 4.81. The Hall–Kier alpha value is -2.24. The highest BCUT2D eigenvalue weighted by Gasteiger charge is 2.13. The minimum absolute atomic E-state index is 0.0736. The molecule has 0 bridgehead atoms. The Morgan fingerprint density at radius 1 is 1.20 bits per heavy atom. The minimum Gasteiger partial charge on any atom is -0.486 e. The van der Waals surface area contributed by atoms with Crippen LogP contribution in [0.5, 0.6) is 11.5 Å². The lowest BCUT2D eigenvalue weighted by Gasteiger charge is -2.19. The highest BCUT2D eigenvalue weighted by Crippen LogP contribution is 2.32. The number of carbonyl (C=O) groups is 2. The van der Waals surface area contributed by atoms with Crippen molar-refractivity contribution in [3.63, 3.8) is 0 Å². The molecule has 0 saturated carbocycles. The molecule has 0 fully saturated rings. The normalized spacial score (nSPS) is 12.7. The molecule has 6 heteroatoms. The number of hydrogen-bond donors (Lipinski definition) is 1. The van der Waals surface area contributed by atoms with Gasteiger partial charge >= 0.3 is 5.97 Å². The molecule has 1 N–H and O–H groups in total. The topological polar surface area (TPSA) is 73.9 Å². The van der Waals surface area contributed by atoms with Crippen molar-refractivity contribution in [2.45, 2.75) is 19.8 Å². The van der Waals surface area contributed by atoms with Crippen molar-refractivity contribution < 1.29 is 23.8 Å². The van der Waals surface area contributed by atoms with E-state index in [-0.39, 0.29) is 24.7 Å². The number of ether oxygens (including phenoxy) is 3. The van der Waals surface area contributed by atoms with Gasteiger partial charge in [-0.1, -0.05) is 0 Å². The second-order valence-electron chi connectivity index (χ2n) is 4.21. The minimum atomic E-state index is -0.371. The molecule has 0 atom stereocenters. The SMILES string of the molecule is CCOC(=O)CCC(=O)Nc1ccc2c(c1)OCCO2. The summed E-state index contributed by atoms with van der Waals surface area (Å²) in [5.41, 5.74) is 0.614. The average molecular weight is 279 g/mol.